The fourth-order valence-electron chi connectivity index (χ4n) is 3.69. The highest BCUT2D eigenvalue weighted by Gasteiger charge is 2.76. The van der Waals surface area contributed by atoms with Crippen molar-refractivity contribution in [2.24, 2.45) is 17.3 Å². The molecular formula is C9H15N. The molecule has 4 fully saturated rings. The Balaban J connectivity index is 2.06. The van der Waals surface area contributed by atoms with Crippen LogP contribution in [-0.2, 0) is 0 Å². The highest BCUT2D eigenvalue weighted by molar-refractivity contribution is 5.30. The van der Waals surface area contributed by atoms with Gasteiger partial charge in [-0.2, -0.15) is 0 Å². The van der Waals surface area contributed by atoms with Crippen molar-refractivity contribution in [2.75, 3.05) is 6.54 Å². The average Bonchev–Trinajstić information content (AvgIpc) is 2.27. The van der Waals surface area contributed by atoms with E-state index in [-0.39, 0.29) is 0 Å². The van der Waals surface area contributed by atoms with E-state index >= 15 is 0 Å². The first-order valence-electron chi connectivity index (χ1n) is 4.42. The van der Waals surface area contributed by atoms with E-state index in [1.165, 1.54) is 19.4 Å². The van der Waals surface area contributed by atoms with Crippen LogP contribution in [0.2, 0.25) is 0 Å². The van der Waals surface area contributed by atoms with E-state index in [1.54, 1.807) is 0 Å². The molecule has 56 valence electrons. The lowest BCUT2D eigenvalue weighted by atomic mass is 9.87. The van der Waals surface area contributed by atoms with Gasteiger partial charge in [-0.1, -0.05) is 6.92 Å². The van der Waals surface area contributed by atoms with Crippen molar-refractivity contribution in [2.45, 2.75) is 32.2 Å². The molecule has 0 radical (unpaired) electrons. The van der Waals surface area contributed by atoms with Crippen LogP contribution in [0.4, 0.5) is 0 Å². The largest absolute Gasteiger partial charge is 0.310 e. The monoisotopic (exact) mass is 137 g/mol. The van der Waals surface area contributed by atoms with E-state index < -0.39 is 0 Å². The van der Waals surface area contributed by atoms with Gasteiger partial charge in [0.25, 0.3) is 0 Å². The van der Waals surface area contributed by atoms with Crippen LogP contribution in [0.1, 0.15) is 26.7 Å². The number of fused-ring (bicyclic) bond motifs is 1. The zero-order valence-corrected chi connectivity index (χ0v) is 6.78. The second-order valence-corrected chi connectivity index (χ2v) is 4.86. The summed E-state index contributed by atoms with van der Waals surface area (Å²) in [6.45, 7) is 6.17. The summed E-state index contributed by atoms with van der Waals surface area (Å²) in [5, 5.41) is 3.67. The summed E-state index contributed by atoms with van der Waals surface area (Å²) >= 11 is 0. The molecule has 4 bridgehead atoms. The number of rotatable bonds is 0. The molecule has 1 heteroatoms. The Morgan fingerprint density at radius 1 is 1.40 bits per heavy atom. The zero-order chi connectivity index (χ0) is 6.98. The summed E-state index contributed by atoms with van der Waals surface area (Å²) in [5.41, 5.74) is 1.26. The third-order valence-corrected chi connectivity index (χ3v) is 4.61. The van der Waals surface area contributed by atoms with Crippen LogP contribution in [0.15, 0.2) is 0 Å². The molecule has 4 atom stereocenters. The summed E-state index contributed by atoms with van der Waals surface area (Å²) in [6, 6.07) is 0. The highest BCUT2D eigenvalue weighted by Crippen LogP contribution is 2.74. The maximum absolute atomic E-state index is 3.67. The van der Waals surface area contributed by atoms with Gasteiger partial charge in [-0.3, -0.25) is 0 Å². The molecule has 2 aliphatic heterocycles. The van der Waals surface area contributed by atoms with Crippen molar-refractivity contribution >= 4 is 0 Å². The molecule has 2 saturated heterocycles. The molecule has 0 aromatic carbocycles. The minimum atomic E-state index is 0.557. The molecule has 0 spiro atoms. The summed E-state index contributed by atoms with van der Waals surface area (Å²) in [4.78, 5) is 0. The van der Waals surface area contributed by atoms with Crippen molar-refractivity contribution in [3.63, 3.8) is 0 Å². The van der Waals surface area contributed by atoms with Crippen LogP contribution < -0.4 is 5.32 Å². The predicted molar refractivity (Wildman–Crippen MR) is 40.7 cm³/mol. The van der Waals surface area contributed by atoms with Gasteiger partial charge < -0.3 is 5.32 Å². The lowest BCUT2D eigenvalue weighted by molar-refractivity contribution is 0.238. The number of piperidine rings is 2. The second kappa shape index (κ2) is 1.18. The van der Waals surface area contributed by atoms with Gasteiger partial charge in [0, 0.05) is 5.54 Å². The molecule has 4 rings (SSSR count). The van der Waals surface area contributed by atoms with Crippen LogP contribution in [0.25, 0.3) is 0 Å². The molecule has 0 amide bonds. The summed E-state index contributed by atoms with van der Waals surface area (Å²) in [6.07, 6.45) is 3.02. The summed E-state index contributed by atoms with van der Waals surface area (Å²) in [5.74, 6) is 2.05. The Morgan fingerprint density at radius 2 is 2.20 bits per heavy atom. The fraction of sp³-hybridized carbons (Fsp3) is 1.00. The molecule has 10 heavy (non-hydrogen) atoms. The highest BCUT2D eigenvalue weighted by atomic mass is 15.1. The van der Waals surface area contributed by atoms with Gasteiger partial charge in [0.2, 0.25) is 0 Å². The quantitative estimate of drug-likeness (QED) is 0.532. The Morgan fingerprint density at radius 3 is 2.50 bits per heavy atom. The van der Waals surface area contributed by atoms with E-state index in [1.807, 2.05) is 0 Å². The van der Waals surface area contributed by atoms with Crippen LogP contribution >= 0.6 is 0 Å². The van der Waals surface area contributed by atoms with Crippen molar-refractivity contribution in [1.29, 1.82) is 0 Å². The third kappa shape index (κ3) is 0.334. The molecule has 1 nitrogen and oxygen atoms in total. The summed E-state index contributed by atoms with van der Waals surface area (Å²) < 4.78 is 0. The molecule has 1 N–H and O–H groups in total. The second-order valence-electron chi connectivity index (χ2n) is 4.86. The van der Waals surface area contributed by atoms with E-state index in [2.05, 4.69) is 19.2 Å². The molecule has 0 aromatic heterocycles. The van der Waals surface area contributed by atoms with Gasteiger partial charge in [0.05, 0.1) is 0 Å². The van der Waals surface area contributed by atoms with Crippen molar-refractivity contribution in [3.8, 4) is 0 Å². The molecule has 2 aliphatic carbocycles. The molecule has 4 unspecified atom stereocenters. The van der Waals surface area contributed by atoms with Crippen LogP contribution in [-0.4, -0.2) is 12.1 Å². The van der Waals surface area contributed by atoms with Crippen molar-refractivity contribution in [3.05, 3.63) is 0 Å². The molecule has 2 heterocycles. The summed E-state index contributed by atoms with van der Waals surface area (Å²) in [7, 11) is 0. The van der Waals surface area contributed by atoms with Gasteiger partial charge in [-0.25, -0.2) is 0 Å². The molecule has 0 aromatic rings. The van der Waals surface area contributed by atoms with Crippen LogP contribution in [0.3, 0.4) is 0 Å². The SMILES string of the molecule is CC12CC3CNC1(C)C2C3. The van der Waals surface area contributed by atoms with Gasteiger partial charge in [-0.05, 0) is 43.6 Å². The maximum Gasteiger partial charge on any atom is 0.0244 e. The van der Waals surface area contributed by atoms with Crippen molar-refractivity contribution < 1.29 is 0 Å². The topological polar surface area (TPSA) is 12.0 Å². The van der Waals surface area contributed by atoms with E-state index in [0.717, 1.165) is 11.8 Å². The Kier molecular flexibility index (Phi) is 0.658. The Bertz CT molecular complexity index is 193. The first kappa shape index (κ1) is 5.59. The molecule has 2 saturated carbocycles. The minimum absolute atomic E-state index is 0.557. The smallest absolute Gasteiger partial charge is 0.0244 e. The van der Waals surface area contributed by atoms with E-state index in [0.29, 0.717) is 11.0 Å². The third-order valence-electron chi connectivity index (χ3n) is 4.61. The average molecular weight is 137 g/mol. The van der Waals surface area contributed by atoms with Crippen molar-refractivity contribution in [1.82, 2.24) is 5.32 Å². The fourth-order valence-corrected chi connectivity index (χ4v) is 3.69. The van der Waals surface area contributed by atoms with Gasteiger partial charge in [0.1, 0.15) is 0 Å². The molecule has 4 aliphatic rings. The van der Waals surface area contributed by atoms with Crippen LogP contribution in [0.5, 0.6) is 0 Å². The number of hydrogen-bond donors (Lipinski definition) is 1. The number of nitrogens with one attached hydrogen (secondary N) is 1. The first-order chi connectivity index (χ1) is 4.67. The Labute approximate surface area is 62.2 Å². The zero-order valence-electron chi connectivity index (χ0n) is 6.78. The van der Waals surface area contributed by atoms with Gasteiger partial charge >= 0.3 is 0 Å². The van der Waals surface area contributed by atoms with E-state index in [4.69, 9.17) is 0 Å². The van der Waals surface area contributed by atoms with Crippen LogP contribution in [0, 0.1) is 17.3 Å². The maximum atomic E-state index is 3.67. The lowest BCUT2D eigenvalue weighted by Crippen LogP contribution is -2.45. The Hall–Kier alpha value is -0.0400. The van der Waals surface area contributed by atoms with Gasteiger partial charge in [0.15, 0.2) is 0 Å². The normalized spacial score (nSPS) is 70.2. The minimum Gasteiger partial charge on any atom is -0.310 e. The standard InChI is InChI=1S/C9H15N/c1-8-4-6-3-7(8)9(8,2)10-5-6/h6-7,10H,3-5H2,1-2H3. The molecular weight excluding hydrogens is 122 g/mol. The first-order valence-corrected chi connectivity index (χ1v) is 4.42. The number of hydrogen-bond acceptors (Lipinski definition) is 1. The lowest BCUT2D eigenvalue weighted by Gasteiger charge is -2.33. The predicted octanol–water partition coefficient (Wildman–Crippen LogP) is 1.39. The van der Waals surface area contributed by atoms with E-state index in [9.17, 15) is 0 Å². The van der Waals surface area contributed by atoms with Gasteiger partial charge in [-0.15, -0.1) is 0 Å².